The molecule has 1 atom stereocenters. The van der Waals surface area contributed by atoms with E-state index in [2.05, 4.69) is 15.7 Å². The summed E-state index contributed by atoms with van der Waals surface area (Å²) in [6, 6.07) is 8.83. The molecule has 3 rings (SSSR count). The van der Waals surface area contributed by atoms with E-state index in [1.54, 1.807) is 0 Å². The molecule has 0 aromatic heterocycles. The summed E-state index contributed by atoms with van der Waals surface area (Å²) < 4.78 is 11.3. The molecule has 1 aromatic carbocycles. The van der Waals surface area contributed by atoms with Crippen molar-refractivity contribution < 1.29 is 23.9 Å². The van der Waals surface area contributed by atoms with Gasteiger partial charge in [0.2, 0.25) is 0 Å². The van der Waals surface area contributed by atoms with Crippen LogP contribution in [0.2, 0.25) is 0 Å². The summed E-state index contributed by atoms with van der Waals surface area (Å²) in [5.41, 5.74) is -0.125. The Kier molecular flexibility index (Phi) is 11.3. The van der Waals surface area contributed by atoms with Crippen LogP contribution in [-0.4, -0.2) is 71.3 Å². The van der Waals surface area contributed by atoms with E-state index in [1.165, 1.54) is 11.8 Å². The zero-order valence-electron chi connectivity index (χ0n) is 22.9. The summed E-state index contributed by atoms with van der Waals surface area (Å²) in [6.45, 7) is 5.01. The maximum Gasteiger partial charge on any atom is 0.409 e. The number of nitrogens with zero attached hydrogens (tertiary/aromatic N) is 3. The molecule has 1 heterocycles. The van der Waals surface area contributed by atoms with Gasteiger partial charge in [-0.3, -0.25) is 10.1 Å². The summed E-state index contributed by atoms with van der Waals surface area (Å²) in [6.07, 6.45) is 3.02. The molecule has 2 N–H and O–H groups in total. The van der Waals surface area contributed by atoms with E-state index in [1.807, 2.05) is 63.2 Å². The van der Waals surface area contributed by atoms with Crippen molar-refractivity contribution in [3.05, 3.63) is 35.9 Å². The van der Waals surface area contributed by atoms with Gasteiger partial charge in [0.25, 0.3) is 11.5 Å². The second kappa shape index (κ2) is 14.4. The second-order valence-electron chi connectivity index (χ2n) is 10.5. The molecule has 0 radical (unpaired) electrons. The van der Waals surface area contributed by atoms with Gasteiger partial charge in [0, 0.05) is 18.7 Å². The van der Waals surface area contributed by atoms with E-state index in [0.29, 0.717) is 30.9 Å². The van der Waals surface area contributed by atoms with Crippen molar-refractivity contribution in [1.82, 2.24) is 20.5 Å². The molecular formula is C27H41N5O5S. The lowest BCUT2D eigenvalue weighted by Gasteiger charge is -2.39. The number of nitrogens with one attached hydrogen (secondary N) is 2. The molecule has 1 aliphatic heterocycles. The van der Waals surface area contributed by atoms with Crippen LogP contribution in [-0.2, 0) is 20.9 Å². The van der Waals surface area contributed by atoms with E-state index in [4.69, 9.17) is 9.47 Å². The van der Waals surface area contributed by atoms with Gasteiger partial charge in [0.1, 0.15) is 12.3 Å². The van der Waals surface area contributed by atoms with E-state index in [9.17, 15) is 14.4 Å². The standard InChI is InChI=1S/C27H41N5O5S/c1-20(2)13-14-22(33)23-32(30-26(37-23)38-18-17-31(3)4)24(34)28-27(15-9-6-10-16-27)29-25(35)36-19-21-11-7-5-8-12-21/h5,7-8,11-12,20,23H,6,9-10,13-19H2,1-4H3,(H,28,34)(H,29,35). The molecule has 3 amide bonds. The van der Waals surface area contributed by atoms with E-state index in [0.717, 1.165) is 36.4 Å². The predicted octanol–water partition coefficient (Wildman–Crippen LogP) is 4.51. The van der Waals surface area contributed by atoms with Gasteiger partial charge < -0.3 is 19.7 Å². The van der Waals surface area contributed by atoms with Crippen molar-refractivity contribution >= 4 is 34.9 Å². The van der Waals surface area contributed by atoms with Gasteiger partial charge in [0.15, 0.2) is 5.78 Å². The first-order chi connectivity index (χ1) is 18.2. The smallest absolute Gasteiger partial charge is 0.409 e. The fourth-order valence-corrected chi connectivity index (χ4v) is 5.19. The average Bonchev–Trinajstić information content (AvgIpc) is 3.31. The first kappa shape index (κ1) is 29.8. The van der Waals surface area contributed by atoms with Gasteiger partial charge in [0.05, 0.1) is 0 Å². The number of ketones is 1. The Balaban J connectivity index is 1.69. The number of alkyl carbamates (subject to hydrolysis) is 1. The van der Waals surface area contributed by atoms with Crippen molar-refractivity contribution in [3.63, 3.8) is 0 Å². The number of hydrogen-bond donors (Lipinski definition) is 2. The normalized spacial score (nSPS) is 18.6. The highest BCUT2D eigenvalue weighted by Gasteiger charge is 2.43. The predicted molar refractivity (Wildman–Crippen MR) is 148 cm³/mol. The van der Waals surface area contributed by atoms with E-state index < -0.39 is 24.0 Å². The van der Waals surface area contributed by atoms with Crippen LogP contribution in [0.1, 0.15) is 64.4 Å². The molecule has 210 valence electrons. The largest absolute Gasteiger partial charge is 0.445 e. The number of hydrogen-bond acceptors (Lipinski definition) is 8. The quantitative estimate of drug-likeness (QED) is 0.392. The molecule has 11 heteroatoms. The van der Waals surface area contributed by atoms with Gasteiger partial charge in [-0.2, -0.15) is 5.01 Å². The maximum absolute atomic E-state index is 13.5. The molecule has 10 nitrogen and oxygen atoms in total. The van der Waals surface area contributed by atoms with Crippen LogP contribution >= 0.6 is 11.8 Å². The molecule has 1 aromatic rings. The number of rotatable bonds is 11. The Morgan fingerprint density at radius 3 is 2.53 bits per heavy atom. The Hall–Kier alpha value is -2.79. The molecule has 1 aliphatic carbocycles. The molecule has 2 aliphatic rings. The molecule has 38 heavy (non-hydrogen) atoms. The minimum absolute atomic E-state index is 0.126. The number of carbonyl (C=O) groups is 3. The van der Waals surface area contributed by atoms with Gasteiger partial charge in [-0.25, -0.2) is 9.59 Å². The Bertz CT molecular complexity index is 966. The van der Waals surface area contributed by atoms with E-state index in [-0.39, 0.29) is 24.0 Å². The summed E-state index contributed by atoms with van der Waals surface area (Å²) in [7, 11) is 3.94. The molecule has 1 unspecified atom stereocenters. The zero-order chi connectivity index (χ0) is 27.5. The number of ether oxygens (including phenoxy) is 2. The van der Waals surface area contributed by atoms with Gasteiger partial charge in [-0.15, -0.1) is 5.10 Å². The highest BCUT2D eigenvalue weighted by molar-refractivity contribution is 8.13. The number of hydrazone groups is 1. The third kappa shape index (κ3) is 9.20. The minimum atomic E-state index is -1.12. The van der Waals surface area contributed by atoms with Crippen LogP contribution in [0.15, 0.2) is 35.4 Å². The maximum atomic E-state index is 13.5. The zero-order valence-corrected chi connectivity index (χ0v) is 23.7. The van der Waals surface area contributed by atoms with Crippen LogP contribution in [0.5, 0.6) is 0 Å². The number of amides is 3. The minimum Gasteiger partial charge on any atom is -0.445 e. The Labute approximate surface area is 229 Å². The molecule has 1 saturated carbocycles. The van der Waals surface area contributed by atoms with Crippen LogP contribution in [0, 0.1) is 5.92 Å². The van der Waals surface area contributed by atoms with Crippen molar-refractivity contribution in [3.8, 4) is 0 Å². The molecular weight excluding hydrogens is 506 g/mol. The lowest BCUT2D eigenvalue weighted by molar-refractivity contribution is -0.131. The summed E-state index contributed by atoms with van der Waals surface area (Å²) in [4.78, 5) is 41.3. The van der Waals surface area contributed by atoms with Gasteiger partial charge >= 0.3 is 12.1 Å². The highest BCUT2D eigenvalue weighted by Crippen LogP contribution is 2.28. The van der Waals surface area contributed by atoms with Crippen LogP contribution in [0.25, 0.3) is 0 Å². The number of carbonyl (C=O) groups excluding carboxylic acids is 3. The fourth-order valence-electron chi connectivity index (χ4n) is 4.25. The van der Waals surface area contributed by atoms with Crippen LogP contribution in [0.4, 0.5) is 9.59 Å². The fraction of sp³-hybridized carbons (Fsp3) is 0.630. The van der Waals surface area contributed by atoms with Gasteiger partial charge in [-0.05, 0) is 57.7 Å². The average molecular weight is 548 g/mol. The molecule has 1 fully saturated rings. The number of thioether (sulfide) groups is 1. The number of benzene rings is 1. The summed E-state index contributed by atoms with van der Waals surface area (Å²) >= 11 is 1.36. The van der Waals surface area contributed by atoms with Crippen LogP contribution in [0.3, 0.4) is 0 Å². The molecule has 0 saturated heterocycles. The van der Waals surface area contributed by atoms with Gasteiger partial charge in [-0.1, -0.05) is 62.4 Å². The summed E-state index contributed by atoms with van der Waals surface area (Å²) in [5, 5.41) is 11.6. The van der Waals surface area contributed by atoms with Crippen molar-refractivity contribution in [2.24, 2.45) is 11.0 Å². The lowest BCUT2D eigenvalue weighted by atomic mass is 9.89. The van der Waals surface area contributed by atoms with E-state index >= 15 is 0 Å². The summed E-state index contributed by atoms with van der Waals surface area (Å²) in [5.74, 6) is 0.843. The number of Topliss-reactive ketones (excluding diaryl/α,β-unsaturated/α-hetero) is 1. The first-order valence-corrected chi connectivity index (χ1v) is 14.3. The second-order valence-corrected chi connectivity index (χ2v) is 11.5. The monoisotopic (exact) mass is 547 g/mol. The lowest BCUT2D eigenvalue weighted by Crippen LogP contribution is -2.64. The SMILES string of the molecule is CC(C)CCC(=O)C1OC(SCCN(C)C)=NN1C(=O)NC1(NC(=O)OCc2ccccc2)CCCCC1. The topological polar surface area (TPSA) is 113 Å². The van der Waals surface area contributed by atoms with Crippen molar-refractivity contribution in [2.75, 3.05) is 26.4 Å². The van der Waals surface area contributed by atoms with Crippen molar-refractivity contribution in [1.29, 1.82) is 0 Å². The third-order valence-electron chi connectivity index (χ3n) is 6.45. The van der Waals surface area contributed by atoms with Crippen molar-refractivity contribution in [2.45, 2.75) is 77.3 Å². The number of urea groups is 1. The Morgan fingerprint density at radius 1 is 1.16 bits per heavy atom. The highest BCUT2D eigenvalue weighted by atomic mass is 32.2. The molecule has 0 spiro atoms. The van der Waals surface area contributed by atoms with Crippen LogP contribution < -0.4 is 10.6 Å². The first-order valence-electron chi connectivity index (χ1n) is 13.3. The molecule has 0 bridgehead atoms. The Morgan fingerprint density at radius 2 is 1.87 bits per heavy atom. The third-order valence-corrected chi connectivity index (χ3v) is 7.26.